The van der Waals surface area contributed by atoms with Crippen LogP contribution in [-0.4, -0.2) is 5.11 Å². The van der Waals surface area contributed by atoms with Crippen LogP contribution >= 0.6 is 0 Å². The van der Waals surface area contributed by atoms with Crippen molar-refractivity contribution in [3.8, 4) is 5.75 Å². The molecule has 1 N–H and O–H groups in total. The number of benzene rings is 1. The number of aromatic hydroxyl groups is 1. The lowest BCUT2D eigenvalue weighted by atomic mass is 9.56. The maximum absolute atomic E-state index is 9.76. The first kappa shape index (κ1) is 15.4. The van der Waals surface area contributed by atoms with Crippen LogP contribution in [0.4, 0.5) is 0 Å². The van der Waals surface area contributed by atoms with E-state index in [1.807, 2.05) is 12.1 Å². The molecule has 112 valence electrons. The molecule has 2 rings (SSSR count). The molecule has 1 heteroatoms. The Balaban J connectivity index is 2.54. The molecule has 0 saturated carbocycles. The van der Waals surface area contributed by atoms with Crippen LogP contribution < -0.4 is 0 Å². The average molecular weight is 274 g/mol. The molecule has 0 radical (unpaired) electrons. The van der Waals surface area contributed by atoms with Crippen LogP contribution in [0.1, 0.15) is 71.4 Å². The molecule has 0 fully saturated rings. The molecule has 2 unspecified atom stereocenters. The number of aryl methyl sites for hydroxylation is 1. The zero-order valence-corrected chi connectivity index (χ0v) is 14.0. The van der Waals surface area contributed by atoms with Crippen LogP contribution in [0.2, 0.25) is 0 Å². The van der Waals surface area contributed by atoms with E-state index in [9.17, 15) is 5.11 Å². The largest absolute Gasteiger partial charge is 0.508 e. The molecule has 0 aliphatic heterocycles. The first-order valence-electron chi connectivity index (χ1n) is 7.98. The number of hydrogen-bond acceptors (Lipinski definition) is 1. The fraction of sp³-hybridized carbons (Fsp3) is 0.684. The minimum Gasteiger partial charge on any atom is -0.508 e. The summed E-state index contributed by atoms with van der Waals surface area (Å²) >= 11 is 0. The second kappa shape index (κ2) is 5.09. The first-order valence-corrected chi connectivity index (χ1v) is 7.98. The van der Waals surface area contributed by atoms with Gasteiger partial charge in [0.05, 0.1) is 0 Å². The zero-order valence-electron chi connectivity index (χ0n) is 14.0. The van der Waals surface area contributed by atoms with Gasteiger partial charge < -0.3 is 5.11 Å². The highest BCUT2D eigenvalue weighted by molar-refractivity contribution is 5.40. The van der Waals surface area contributed by atoms with E-state index in [1.54, 1.807) is 0 Å². The first-order chi connectivity index (χ1) is 9.16. The van der Waals surface area contributed by atoms with Gasteiger partial charge in [0, 0.05) is 0 Å². The summed E-state index contributed by atoms with van der Waals surface area (Å²) in [4.78, 5) is 0. The topological polar surface area (TPSA) is 20.2 Å². The molecular formula is C19H30O. The van der Waals surface area contributed by atoms with Crippen LogP contribution in [-0.2, 0) is 6.42 Å². The number of phenols is 1. The molecule has 1 aromatic carbocycles. The van der Waals surface area contributed by atoms with Crippen LogP contribution in [0.3, 0.4) is 0 Å². The van der Waals surface area contributed by atoms with E-state index in [4.69, 9.17) is 0 Å². The lowest BCUT2D eigenvalue weighted by Crippen LogP contribution is -2.38. The summed E-state index contributed by atoms with van der Waals surface area (Å²) in [5.74, 6) is 1.69. The second-order valence-electron chi connectivity index (χ2n) is 8.21. The van der Waals surface area contributed by atoms with Crippen molar-refractivity contribution < 1.29 is 5.11 Å². The summed E-state index contributed by atoms with van der Waals surface area (Å²) < 4.78 is 0. The third-order valence-electron chi connectivity index (χ3n) is 5.45. The van der Waals surface area contributed by atoms with Gasteiger partial charge in [0.2, 0.25) is 0 Å². The quantitative estimate of drug-likeness (QED) is 0.752. The van der Waals surface area contributed by atoms with E-state index >= 15 is 0 Å². The molecule has 1 aromatic rings. The standard InChI is InChI=1S/C19H30O/c1-7-19(5,6)17-15-10-9-14(20)12-13(15)8-11-16(17)18(2,3)4/h9-10,12,16-17,20H,7-8,11H2,1-6H3. The Labute approximate surface area is 124 Å². The van der Waals surface area contributed by atoms with Gasteiger partial charge in [-0.1, -0.05) is 54.0 Å². The van der Waals surface area contributed by atoms with Crippen molar-refractivity contribution in [1.29, 1.82) is 0 Å². The lowest BCUT2D eigenvalue weighted by molar-refractivity contribution is 0.0956. The van der Waals surface area contributed by atoms with Gasteiger partial charge in [0.25, 0.3) is 0 Å². The SMILES string of the molecule is CCC(C)(C)C1c2ccc(O)cc2CCC1C(C)(C)C. The van der Waals surface area contributed by atoms with Gasteiger partial charge in [-0.2, -0.15) is 0 Å². The molecule has 1 aliphatic rings. The molecule has 0 bridgehead atoms. The van der Waals surface area contributed by atoms with E-state index in [1.165, 1.54) is 24.0 Å². The molecule has 1 nitrogen and oxygen atoms in total. The highest BCUT2D eigenvalue weighted by atomic mass is 16.3. The Bertz CT molecular complexity index is 479. The molecular weight excluding hydrogens is 244 g/mol. The van der Waals surface area contributed by atoms with Crippen LogP contribution in [0.25, 0.3) is 0 Å². The zero-order chi connectivity index (χ0) is 15.1. The minimum atomic E-state index is 0.296. The van der Waals surface area contributed by atoms with Gasteiger partial charge in [-0.3, -0.25) is 0 Å². The fourth-order valence-corrected chi connectivity index (χ4v) is 3.92. The summed E-state index contributed by atoms with van der Waals surface area (Å²) in [6, 6.07) is 6.01. The van der Waals surface area contributed by atoms with Gasteiger partial charge >= 0.3 is 0 Å². The summed E-state index contributed by atoms with van der Waals surface area (Å²) in [7, 11) is 0. The van der Waals surface area contributed by atoms with Crippen molar-refractivity contribution >= 4 is 0 Å². The van der Waals surface area contributed by atoms with Crippen molar-refractivity contribution in [3.05, 3.63) is 29.3 Å². The van der Waals surface area contributed by atoms with E-state index in [2.05, 4.69) is 47.6 Å². The van der Waals surface area contributed by atoms with E-state index in [-0.39, 0.29) is 0 Å². The van der Waals surface area contributed by atoms with E-state index < -0.39 is 0 Å². The molecule has 2 atom stereocenters. The Morgan fingerprint density at radius 2 is 1.80 bits per heavy atom. The predicted octanol–water partition coefficient (Wildman–Crippen LogP) is 5.52. The second-order valence-corrected chi connectivity index (χ2v) is 8.21. The predicted molar refractivity (Wildman–Crippen MR) is 86.2 cm³/mol. The third-order valence-corrected chi connectivity index (χ3v) is 5.45. The van der Waals surface area contributed by atoms with Crippen molar-refractivity contribution in [1.82, 2.24) is 0 Å². The van der Waals surface area contributed by atoms with Crippen molar-refractivity contribution in [3.63, 3.8) is 0 Å². The Hall–Kier alpha value is -0.980. The summed E-state index contributed by atoms with van der Waals surface area (Å²) in [6.45, 7) is 14.2. The van der Waals surface area contributed by atoms with Gasteiger partial charge in [-0.25, -0.2) is 0 Å². The van der Waals surface area contributed by atoms with Gasteiger partial charge in [-0.05, 0) is 58.8 Å². The number of rotatable bonds is 2. The van der Waals surface area contributed by atoms with Gasteiger partial charge in [0.1, 0.15) is 5.75 Å². The summed E-state index contributed by atoms with van der Waals surface area (Å²) in [6.07, 6.45) is 3.51. The number of fused-ring (bicyclic) bond motifs is 1. The molecule has 0 saturated heterocycles. The number of phenolic OH excluding ortho intramolecular Hbond substituents is 1. The summed E-state index contributed by atoms with van der Waals surface area (Å²) in [5, 5.41) is 9.76. The molecule has 0 heterocycles. The van der Waals surface area contributed by atoms with Crippen molar-refractivity contribution in [2.45, 2.75) is 66.7 Å². The molecule has 20 heavy (non-hydrogen) atoms. The molecule has 0 spiro atoms. The molecule has 0 amide bonds. The van der Waals surface area contributed by atoms with Crippen molar-refractivity contribution in [2.75, 3.05) is 0 Å². The van der Waals surface area contributed by atoms with E-state index in [0.29, 0.717) is 28.4 Å². The smallest absolute Gasteiger partial charge is 0.115 e. The summed E-state index contributed by atoms with van der Waals surface area (Å²) in [5.41, 5.74) is 3.45. The Morgan fingerprint density at radius 3 is 2.35 bits per heavy atom. The molecule has 0 aromatic heterocycles. The maximum Gasteiger partial charge on any atom is 0.115 e. The van der Waals surface area contributed by atoms with Gasteiger partial charge in [0.15, 0.2) is 0 Å². The maximum atomic E-state index is 9.76. The van der Waals surface area contributed by atoms with Crippen LogP contribution in [0.5, 0.6) is 5.75 Å². The van der Waals surface area contributed by atoms with Crippen molar-refractivity contribution in [2.24, 2.45) is 16.7 Å². The lowest BCUT2D eigenvalue weighted by Gasteiger charge is -2.48. The Kier molecular flexibility index (Phi) is 3.92. The normalized spacial score (nSPS) is 23.5. The highest BCUT2D eigenvalue weighted by Gasteiger charge is 2.43. The van der Waals surface area contributed by atoms with Crippen LogP contribution in [0.15, 0.2) is 18.2 Å². The van der Waals surface area contributed by atoms with E-state index in [0.717, 1.165) is 6.42 Å². The monoisotopic (exact) mass is 274 g/mol. The highest BCUT2D eigenvalue weighted by Crippen LogP contribution is 2.54. The van der Waals surface area contributed by atoms with Gasteiger partial charge in [-0.15, -0.1) is 0 Å². The van der Waals surface area contributed by atoms with Crippen LogP contribution in [0, 0.1) is 16.7 Å². The minimum absolute atomic E-state index is 0.296. The number of hydrogen-bond donors (Lipinski definition) is 1. The molecule has 1 aliphatic carbocycles. The average Bonchev–Trinajstić information content (AvgIpc) is 2.35. The third kappa shape index (κ3) is 2.73. The fourth-order valence-electron chi connectivity index (χ4n) is 3.92. The Morgan fingerprint density at radius 1 is 1.15 bits per heavy atom.